The third kappa shape index (κ3) is 5.66. The van der Waals surface area contributed by atoms with Gasteiger partial charge in [0.1, 0.15) is 0 Å². The Bertz CT molecular complexity index is 1310. The molecule has 0 aliphatic carbocycles. The topological polar surface area (TPSA) is 88.4 Å². The molecule has 0 bridgehead atoms. The monoisotopic (exact) mass is 511 g/mol. The van der Waals surface area contributed by atoms with Crippen LogP contribution in [0.15, 0.2) is 71.2 Å². The lowest BCUT2D eigenvalue weighted by molar-refractivity contribution is -0.129. The largest absolute Gasteiger partial charge is 0.339 e. The predicted octanol–water partition coefficient (Wildman–Crippen LogP) is 3.37. The number of carbonyl (C=O) groups excluding carboxylic acids is 1. The highest BCUT2D eigenvalue weighted by atomic mass is 32.2. The van der Waals surface area contributed by atoms with Gasteiger partial charge in [-0.1, -0.05) is 59.3 Å². The van der Waals surface area contributed by atoms with Crippen molar-refractivity contribution in [1.29, 1.82) is 0 Å². The van der Waals surface area contributed by atoms with Crippen LogP contribution >= 0.6 is 11.8 Å². The van der Waals surface area contributed by atoms with Crippen LogP contribution in [0.4, 0.5) is 0 Å². The average molecular weight is 512 g/mol. The number of allylic oxidation sites excluding steroid dienone is 1. The fraction of sp³-hybridized carbons (Fsp3) is 0.320. The van der Waals surface area contributed by atoms with Crippen molar-refractivity contribution in [1.82, 2.24) is 24.0 Å². The van der Waals surface area contributed by atoms with Crippen molar-refractivity contribution in [2.45, 2.75) is 30.4 Å². The SMILES string of the molecule is C=CCn1c(SCC(=O)N2CCN(S(=O)(=O)c3ccc(C)cc3)CC2)nnc1-c1cccc(C)c1. The van der Waals surface area contributed by atoms with Crippen molar-refractivity contribution in [2.24, 2.45) is 0 Å². The van der Waals surface area contributed by atoms with E-state index in [4.69, 9.17) is 0 Å². The molecule has 2 aromatic carbocycles. The first kappa shape index (κ1) is 25.2. The molecule has 3 aromatic rings. The number of thioether (sulfide) groups is 1. The van der Waals surface area contributed by atoms with Gasteiger partial charge < -0.3 is 4.90 Å². The maximum atomic E-state index is 12.9. The molecule has 1 aromatic heterocycles. The molecule has 10 heteroatoms. The quantitative estimate of drug-likeness (QED) is 0.340. The molecule has 184 valence electrons. The summed E-state index contributed by atoms with van der Waals surface area (Å²) in [5.74, 6) is 0.888. The first-order valence-electron chi connectivity index (χ1n) is 11.4. The van der Waals surface area contributed by atoms with E-state index in [-0.39, 0.29) is 29.6 Å². The lowest BCUT2D eigenvalue weighted by Gasteiger charge is -2.34. The molecule has 1 saturated heterocycles. The number of rotatable bonds is 8. The molecule has 1 amide bonds. The van der Waals surface area contributed by atoms with Gasteiger partial charge in [0.25, 0.3) is 0 Å². The molecular formula is C25H29N5O3S2. The fourth-order valence-electron chi connectivity index (χ4n) is 3.94. The molecule has 0 spiro atoms. The zero-order valence-corrected chi connectivity index (χ0v) is 21.6. The van der Waals surface area contributed by atoms with Gasteiger partial charge in [0.2, 0.25) is 15.9 Å². The van der Waals surface area contributed by atoms with Crippen LogP contribution in [0, 0.1) is 13.8 Å². The molecule has 35 heavy (non-hydrogen) atoms. The van der Waals surface area contributed by atoms with Crippen LogP contribution in [-0.4, -0.2) is 70.2 Å². The van der Waals surface area contributed by atoms with Gasteiger partial charge in [0.05, 0.1) is 10.6 Å². The second kappa shape index (κ2) is 10.8. The van der Waals surface area contributed by atoms with Gasteiger partial charge in [0.15, 0.2) is 11.0 Å². The van der Waals surface area contributed by atoms with Crippen molar-refractivity contribution in [2.75, 3.05) is 31.9 Å². The van der Waals surface area contributed by atoms with E-state index in [1.165, 1.54) is 16.1 Å². The number of benzene rings is 2. The van der Waals surface area contributed by atoms with Gasteiger partial charge in [-0.2, -0.15) is 4.31 Å². The lowest BCUT2D eigenvalue weighted by Crippen LogP contribution is -2.50. The zero-order chi connectivity index (χ0) is 25.0. The normalized spacial score (nSPS) is 14.7. The lowest BCUT2D eigenvalue weighted by atomic mass is 10.1. The summed E-state index contributed by atoms with van der Waals surface area (Å²) in [6, 6.07) is 14.9. The van der Waals surface area contributed by atoms with Gasteiger partial charge in [0, 0.05) is 38.3 Å². The second-order valence-electron chi connectivity index (χ2n) is 8.46. The van der Waals surface area contributed by atoms with Crippen molar-refractivity contribution in [3.63, 3.8) is 0 Å². The molecular weight excluding hydrogens is 482 g/mol. The van der Waals surface area contributed by atoms with E-state index >= 15 is 0 Å². The minimum Gasteiger partial charge on any atom is -0.339 e. The summed E-state index contributed by atoms with van der Waals surface area (Å²) in [6.45, 7) is 9.58. The highest BCUT2D eigenvalue weighted by molar-refractivity contribution is 7.99. The molecule has 1 aliphatic rings. The van der Waals surface area contributed by atoms with E-state index in [1.807, 2.05) is 42.7 Å². The van der Waals surface area contributed by atoms with Crippen molar-refractivity contribution in [3.05, 3.63) is 72.3 Å². The number of aryl methyl sites for hydroxylation is 2. The van der Waals surface area contributed by atoms with E-state index in [1.54, 1.807) is 35.2 Å². The summed E-state index contributed by atoms with van der Waals surface area (Å²) in [4.78, 5) is 14.9. The first-order valence-corrected chi connectivity index (χ1v) is 13.8. The van der Waals surface area contributed by atoms with E-state index in [0.29, 0.717) is 24.8 Å². The van der Waals surface area contributed by atoms with Crippen LogP contribution in [0.3, 0.4) is 0 Å². The van der Waals surface area contributed by atoms with Crippen LogP contribution in [0.1, 0.15) is 11.1 Å². The van der Waals surface area contributed by atoms with Gasteiger partial charge in [-0.15, -0.1) is 16.8 Å². The Morgan fingerprint density at radius 3 is 2.40 bits per heavy atom. The maximum Gasteiger partial charge on any atom is 0.243 e. The van der Waals surface area contributed by atoms with Crippen LogP contribution in [0.5, 0.6) is 0 Å². The Hall–Kier alpha value is -2.95. The number of piperazine rings is 1. The Labute approximate surface area is 210 Å². The summed E-state index contributed by atoms with van der Waals surface area (Å²) >= 11 is 1.33. The number of hydrogen-bond acceptors (Lipinski definition) is 6. The minimum atomic E-state index is -3.56. The van der Waals surface area contributed by atoms with Crippen molar-refractivity contribution < 1.29 is 13.2 Å². The molecule has 1 fully saturated rings. The van der Waals surface area contributed by atoms with E-state index in [0.717, 1.165) is 22.5 Å². The molecule has 4 rings (SSSR count). The highest BCUT2D eigenvalue weighted by Gasteiger charge is 2.30. The van der Waals surface area contributed by atoms with Crippen LogP contribution in [0.2, 0.25) is 0 Å². The number of sulfonamides is 1. The summed E-state index contributed by atoms with van der Waals surface area (Å²) in [6.07, 6.45) is 1.78. The molecule has 0 atom stereocenters. The number of carbonyl (C=O) groups is 1. The van der Waals surface area contributed by atoms with Gasteiger partial charge >= 0.3 is 0 Å². The summed E-state index contributed by atoms with van der Waals surface area (Å²) in [5, 5.41) is 9.31. The number of aromatic nitrogens is 3. The van der Waals surface area contributed by atoms with E-state index < -0.39 is 10.0 Å². The maximum absolute atomic E-state index is 12.9. The van der Waals surface area contributed by atoms with Crippen molar-refractivity contribution >= 4 is 27.7 Å². The third-order valence-corrected chi connectivity index (χ3v) is 8.74. The summed E-state index contributed by atoms with van der Waals surface area (Å²) in [7, 11) is -3.56. The Morgan fingerprint density at radius 1 is 1.03 bits per heavy atom. The number of nitrogens with zero attached hydrogens (tertiary/aromatic N) is 5. The predicted molar refractivity (Wildman–Crippen MR) is 138 cm³/mol. The Morgan fingerprint density at radius 2 is 1.74 bits per heavy atom. The van der Waals surface area contributed by atoms with Crippen LogP contribution in [0.25, 0.3) is 11.4 Å². The van der Waals surface area contributed by atoms with Crippen LogP contribution < -0.4 is 0 Å². The molecule has 0 N–H and O–H groups in total. The van der Waals surface area contributed by atoms with Gasteiger partial charge in [-0.25, -0.2) is 8.42 Å². The zero-order valence-electron chi connectivity index (χ0n) is 19.9. The molecule has 0 unspecified atom stereocenters. The first-order chi connectivity index (χ1) is 16.8. The standard InChI is InChI=1S/C25H29N5O3S2/c1-4-12-30-24(21-7-5-6-20(3)17-21)26-27-25(30)34-18-23(31)28-13-15-29(16-14-28)35(32,33)22-10-8-19(2)9-11-22/h4-11,17H,1,12-16,18H2,2-3H3. The summed E-state index contributed by atoms with van der Waals surface area (Å²) in [5.41, 5.74) is 3.10. The van der Waals surface area contributed by atoms with E-state index in [2.05, 4.69) is 16.8 Å². The third-order valence-electron chi connectivity index (χ3n) is 5.88. The second-order valence-corrected chi connectivity index (χ2v) is 11.3. The highest BCUT2D eigenvalue weighted by Crippen LogP contribution is 2.25. The van der Waals surface area contributed by atoms with Crippen LogP contribution in [-0.2, 0) is 21.4 Å². The summed E-state index contributed by atoms with van der Waals surface area (Å²) < 4.78 is 29.2. The van der Waals surface area contributed by atoms with Crippen molar-refractivity contribution in [3.8, 4) is 11.4 Å². The Kier molecular flexibility index (Phi) is 7.73. The van der Waals surface area contributed by atoms with E-state index in [9.17, 15) is 13.2 Å². The molecule has 2 heterocycles. The number of hydrogen-bond donors (Lipinski definition) is 0. The smallest absolute Gasteiger partial charge is 0.243 e. The minimum absolute atomic E-state index is 0.0485. The molecule has 1 aliphatic heterocycles. The average Bonchev–Trinajstić information content (AvgIpc) is 3.25. The van der Waals surface area contributed by atoms with Gasteiger partial charge in [-0.05, 0) is 32.0 Å². The Balaban J connectivity index is 1.37. The van der Waals surface area contributed by atoms with Gasteiger partial charge in [-0.3, -0.25) is 9.36 Å². The molecule has 0 radical (unpaired) electrons. The molecule has 0 saturated carbocycles. The number of amides is 1. The fourth-order valence-corrected chi connectivity index (χ4v) is 6.21. The molecule has 8 nitrogen and oxygen atoms in total.